The van der Waals surface area contributed by atoms with E-state index >= 15 is 0 Å². The fourth-order valence-corrected chi connectivity index (χ4v) is 4.65. The number of aromatic nitrogens is 1. The van der Waals surface area contributed by atoms with E-state index in [0.29, 0.717) is 18.2 Å². The van der Waals surface area contributed by atoms with E-state index in [1.54, 1.807) is 6.07 Å². The van der Waals surface area contributed by atoms with Crippen molar-refractivity contribution in [3.05, 3.63) is 95.6 Å². The van der Waals surface area contributed by atoms with E-state index in [1.165, 1.54) is 24.3 Å². The molecule has 0 spiro atoms. The van der Waals surface area contributed by atoms with Gasteiger partial charge in [0.05, 0.1) is 11.5 Å². The van der Waals surface area contributed by atoms with E-state index in [1.807, 2.05) is 59.2 Å². The van der Waals surface area contributed by atoms with Crippen LogP contribution < -0.4 is 9.46 Å². The fraction of sp³-hybridized carbons (Fsp3) is 0.160. The third-order valence-electron chi connectivity index (χ3n) is 5.18. The van der Waals surface area contributed by atoms with Crippen LogP contribution in [0.25, 0.3) is 10.9 Å². The molecule has 4 rings (SSSR count). The average molecular weight is 483 g/mol. The maximum Gasteiger partial charge on any atom is 0.281 e. The van der Waals surface area contributed by atoms with Gasteiger partial charge in [0.1, 0.15) is 11.4 Å². The molecule has 33 heavy (non-hydrogen) atoms. The first-order valence-electron chi connectivity index (χ1n) is 10.5. The van der Waals surface area contributed by atoms with Gasteiger partial charge in [0.15, 0.2) is 0 Å². The number of para-hydroxylation sites is 2. The van der Waals surface area contributed by atoms with Gasteiger partial charge in [0.2, 0.25) is 0 Å². The zero-order valence-electron chi connectivity index (χ0n) is 17.8. The average Bonchev–Trinajstić information content (AvgIpc) is 3.18. The van der Waals surface area contributed by atoms with Crippen LogP contribution in [-0.4, -0.2) is 25.5 Å². The number of nitrogens with one attached hydrogen (secondary N) is 1. The molecule has 0 aliphatic carbocycles. The molecule has 0 atom stereocenters. The van der Waals surface area contributed by atoms with Crippen LogP contribution in [0, 0.1) is 0 Å². The van der Waals surface area contributed by atoms with Gasteiger partial charge >= 0.3 is 0 Å². The molecule has 1 heterocycles. The summed E-state index contributed by atoms with van der Waals surface area (Å²) in [5.74, 6) is 0.137. The molecule has 0 unspecified atom stereocenters. The Bertz CT molecular complexity index is 1350. The molecule has 4 aromatic rings. The molecule has 0 saturated heterocycles. The summed E-state index contributed by atoms with van der Waals surface area (Å²) >= 11 is 5.84. The summed E-state index contributed by atoms with van der Waals surface area (Å²) in [6.45, 7) is 1.10. The summed E-state index contributed by atoms with van der Waals surface area (Å²) < 4.78 is 35.1. The second-order valence-electron chi connectivity index (χ2n) is 7.50. The van der Waals surface area contributed by atoms with Crippen molar-refractivity contribution < 1.29 is 17.9 Å². The minimum absolute atomic E-state index is 0.0269. The topological polar surface area (TPSA) is 77.4 Å². The number of hydrogen-bond donors (Lipinski definition) is 1. The Labute approximate surface area is 197 Å². The number of ether oxygens (including phenoxy) is 1. The first kappa shape index (κ1) is 22.9. The maximum atomic E-state index is 13.0. The van der Waals surface area contributed by atoms with E-state index in [9.17, 15) is 13.2 Å². The van der Waals surface area contributed by atoms with E-state index in [2.05, 4.69) is 4.72 Å². The molecule has 6 nitrogen and oxygen atoms in total. The number of halogens is 1. The number of nitrogens with zero attached hydrogens (tertiary/aromatic N) is 1. The summed E-state index contributed by atoms with van der Waals surface area (Å²) in [6.07, 6.45) is 1.54. The van der Waals surface area contributed by atoms with Gasteiger partial charge in [0, 0.05) is 22.5 Å². The first-order chi connectivity index (χ1) is 15.9. The summed E-state index contributed by atoms with van der Waals surface area (Å²) in [4.78, 5) is 13.0. The lowest BCUT2D eigenvalue weighted by molar-refractivity contribution is 0.0972. The Morgan fingerprint density at radius 2 is 1.61 bits per heavy atom. The van der Waals surface area contributed by atoms with Crippen LogP contribution in [0.5, 0.6) is 5.75 Å². The van der Waals surface area contributed by atoms with Crippen molar-refractivity contribution in [2.24, 2.45) is 0 Å². The van der Waals surface area contributed by atoms with E-state index in [0.717, 1.165) is 29.5 Å². The van der Waals surface area contributed by atoms with Crippen LogP contribution in [0.1, 0.15) is 23.3 Å². The zero-order chi connectivity index (χ0) is 23.3. The highest BCUT2D eigenvalue weighted by molar-refractivity contribution is 7.90. The second-order valence-corrected chi connectivity index (χ2v) is 9.62. The number of unbranched alkanes of at least 4 members (excludes halogenated alkanes) is 1. The zero-order valence-corrected chi connectivity index (χ0v) is 19.4. The summed E-state index contributed by atoms with van der Waals surface area (Å²) in [7, 11) is -4.03. The number of aryl methyl sites for hydroxylation is 1. The van der Waals surface area contributed by atoms with Crippen molar-refractivity contribution in [3.8, 4) is 5.75 Å². The van der Waals surface area contributed by atoms with Crippen LogP contribution in [0.15, 0.2) is 89.8 Å². The van der Waals surface area contributed by atoms with E-state index < -0.39 is 15.9 Å². The van der Waals surface area contributed by atoms with Crippen LogP contribution in [0.4, 0.5) is 0 Å². The summed E-state index contributed by atoms with van der Waals surface area (Å²) in [5, 5.41) is 1.28. The van der Waals surface area contributed by atoms with E-state index in [-0.39, 0.29) is 10.6 Å². The lowest BCUT2D eigenvalue weighted by Crippen LogP contribution is -2.32. The lowest BCUT2D eigenvalue weighted by Gasteiger charge is -2.12. The molecule has 8 heteroatoms. The van der Waals surface area contributed by atoms with Gasteiger partial charge in [-0.1, -0.05) is 48.0 Å². The molecule has 1 N–H and O–H groups in total. The largest absolute Gasteiger partial charge is 0.494 e. The highest BCUT2D eigenvalue weighted by atomic mass is 35.5. The predicted molar refractivity (Wildman–Crippen MR) is 129 cm³/mol. The smallest absolute Gasteiger partial charge is 0.281 e. The summed E-state index contributed by atoms with van der Waals surface area (Å²) in [6, 6.07) is 24.5. The Balaban J connectivity index is 1.48. The van der Waals surface area contributed by atoms with E-state index in [4.69, 9.17) is 16.3 Å². The minimum Gasteiger partial charge on any atom is -0.494 e. The Kier molecular flexibility index (Phi) is 7.01. The Hall–Kier alpha value is -3.29. The van der Waals surface area contributed by atoms with Crippen molar-refractivity contribution in [1.82, 2.24) is 9.29 Å². The van der Waals surface area contributed by atoms with Gasteiger partial charge in [-0.25, -0.2) is 13.1 Å². The molecule has 0 bridgehead atoms. The number of sulfonamides is 1. The van der Waals surface area contributed by atoms with Crippen LogP contribution in [-0.2, 0) is 16.6 Å². The van der Waals surface area contributed by atoms with Crippen molar-refractivity contribution in [2.45, 2.75) is 24.3 Å². The van der Waals surface area contributed by atoms with Crippen molar-refractivity contribution >= 4 is 38.4 Å². The highest BCUT2D eigenvalue weighted by Crippen LogP contribution is 2.22. The molecular formula is C25H23ClN2O4S. The number of hydrogen-bond acceptors (Lipinski definition) is 4. The number of amides is 1. The van der Waals surface area contributed by atoms with Crippen molar-refractivity contribution in [3.63, 3.8) is 0 Å². The van der Waals surface area contributed by atoms with Gasteiger partial charge in [-0.3, -0.25) is 4.79 Å². The molecule has 0 aliphatic heterocycles. The predicted octanol–water partition coefficient (Wildman–Crippen LogP) is 5.27. The highest BCUT2D eigenvalue weighted by Gasteiger charge is 2.22. The number of fused-ring (bicyclic) bond motifs is 1. The lowest BCUT2D eigenvalue weighted by atomic mass is 10.2. The standard InChI is InChI=1S/C25H23ClN2O4S/c26-20-12-14-22(15-13-20)33(30,31)27-25(29)24-18-19-8-4-5-11-23(19)28(24)16-6-7-17-32-21-9-2-1-3-10-21/h1-5,8-15,18H,6-7,16-17H2,(H,27,29). The van der Waals surface area contributed by atoms with Crippen molar-refractivity contribution in [1.29, 1.82) is 0 Å². The molecule has 0 saturated carbocycles. The number of benzene rings is 3. The van der Waals surface area contributed by atoms with Crippen LogP contribution in [0.2, 0.25) is 5.02 Å². The summed E-state index contributed by atoms with van der Waals surface area (Å²) in [5.41, 5.74) is 1.16. The molecular weight excluding hydrogens is 460 g/mol. The number of rotatable bonds is 9. The minimum atomic E-state index is -4.03. The Morgan fingerprint density at radius 3 is 2.36 bits per heavy atom. The maximum absolute atomic E-state index is 13.0. The SMILES string of the molecule is O=C(NS(=O)(=O)c1ccc(Cl)cc1)c1cc2ccccc2n1CCCCOc1ccccc1. The molecule has 0 aliphatic rings. The van der Waals surface area contributed by atoms with Crippen LogP contribution >= 0.6 is 11.6 Å². The first-order valence-corrected chi connectivity index (χ1v) is 12.4. The van der Waals surface area contributed by atoms with Gasteiger partial charge in [-0.15, -0.1) is 0 Å². The van der Waals surface area contributed by atoms with Gasteiger partial charge < -0.3 is 9.30 Å². The normalized spacial score (nSPS) is 11.4. The monoisotopic (exact) mass is 482 g/mol. The number of carbonyl (C=O) groups is 1. The Morgan fingerprint density at radius 1 is 0.909 bits per heavy atom. The molecule has 170 valence electrons. The van der Waals surface area contributed by atoms with Gasteiger partial charge in [-0.05, 0) is 61.4 Å². The fourth-order valence-electron chi connectivity index (χ4n) is 3.57. The molecule has 3 aromatic carbocycles. The molecule has 0 radical (unpaired) electrons. The quantitative estimate of drug-likeness (QED) is 0.329. The molecule has 1 aromatic heterocycles. The van der Waals surface area contributed by atoms with Crippen molar-refractivity contribution in [2.75, 3.05) is 6.61 Å². The van der Waals surface area contributed by atoms with Gasteiger partial charge in [0.25, 0.3) is 15.9 Å². The number of carbonyl (C=O) groups excluding carboxylic acids is 1. The van der Waals surface area contributed by atoms with Gasteiger partial charge in [-0.2, -0.15) is 0 Å². The molecule has 1 amide bonds. The molecule has 0 fully saturated rings. The third-order valence-corrected chi connectivity index (χ3v) is 6.78. The second kappa shape index (κ2) is 10.1. The van der Waals surface area contributed by atoms with Crippen LogP contribution in [0.3, 0.4) is 0 Å². The third kappa shape index (κ3) is 5.56.